The van der Waals surface area contributed by atoms with Gasteiger partial charge in [-0.2, -0.15) is 0 Å². The van der Waals surface area contributed by atoms with Crippen molar-refractivity contribution in [3.05, 3.63) is 35.9 Å². The number of benzene rings is 1. The van der Waals surface area contributed by atoms with Crippen LogP contribution in [0.5, 0.6) is 0 Å². The van der Waals surface area contributed by atoms with Crippen LogP contribution in [-0.2, 0) is 20.7 Å². The van der Waals surface area contributed by atoms with E-state index < -0.39 is 35.8 Å². The summed E-state index contributed by atoms with van der Waals surface area (Å²) in [4.78, 5) is 46.6. The van der Waals surface area contributed by atoms with E-state index in [0.717, 1.165) is 18.4 Å². The molecule has 178 valence electrons. The highest BCUT2D eigenvalue weighted by Crippen LogP contribution is 2.18. The molecule has 1 aromatic carbocycles. The molecule has 4 amide bonds. The third-order valence-corrected chi connectivity index (χ3v) is 4.50. The van der Waals surface area contributed by atoms with Gasteiger partial charge in [0.1, 0.15) is 17.7 Å². The van der Waals surface area contributed by atoms with Crippen LogP contribution < -0.4 is 16.4 Å². The lowest BCUT2D eigenvalue weighted by Crippen LogP contribution is -2.52. The maximum Gasteiger partial charge on any atom is 0.408 e. The summed E-state index contributed by atoms with van der Waals surface area (Å²) < 4.78 is 5.08. The van der Waals surface area contributed by atoms with Gasteiger partial charge in [0.15, 0.2) is 0 Å². The van der Waals surface area contributed by atoms with Crippen molar-refractivity contribution in [2.45, 2.75) is 64.6 Å². The molecule has 2 atom stereocenters. The van der Waals surface area contributed by atoms with E-state index in [1.54, 1.807) is 27.7 Å². The Morgan fingerprint density at radius 2 is 1.84 bits per heavy atom. The molecule has 0 spiro atoms. The van der Waals surface area contributed by atoms with E-state index in [-0.39, 0.29) is 5.91 Å². The number of ether oxygens (including phenoxy) is 1. The Kier molecular flexibility index (Phi) is 10.5. The van der Waals surface area contributed by atoms with E-state index in [1.165, 1.54) is 4.90 Å². The molecule has 1 aliphatic heterocycles. The highest BCUT2D eigenvalue weighted by molar-refractivity contribution is 5.91. The van der Waals surface area contributed by atoms with Crippen LogP contribution in [0.4, 0.5) is 9.59 Å². The summed E-state index contributed by atoms with van der Waals surface area (Å²) in [6.45, 7) is 7.72. The van der Waals surface area contributed by atoms with Crippen LogP contribution in [0.3, 0.4) is 0 Å². The van der Waals surface area contributed by atoms with Gasteiger partial charge in [-0.05, 0) is 52.5 Å². The van der Waals surface area contributed by atoms with Crippen molar-refractivity contribution in [1.82, 2.24) is 15.5 Å². The molecule has 32 heavy (non-hydrogen) atoms. The number of carbonyl (C=O) groups is 4. The monoisotopic (exact) mass is 450 g/mol. The number of primary amides is 1. The molecule has 0 unspecified atom stereocenters. The molecule has 0 aliphatic carbocycles. The number of carbonyl (C=O) groups excluding carboxylic acids is 3. The summed E-state index contributed by atoms with van der Waals surface area (Å²) >= 11 is 0. The number of nitrogens with zero attached hydrogens (tertiary/aromatic N) is 1. The fourth-order valence-electron chi connectivity index (χ4n) is 3.08. The molecule has 1 heterocycles. The standard InChI is InChI=1S/C13H23N3O4.C9H11NO2/c1-8(15-12(19)20-13(2,3)4)11(18)16-7-5-6-9(16)10(14)17;11-9(12)10-7-6-8-4-2-1-3-5-8/h8-9H,5-7H2,1-4H3,(H2,14,17)(H,15,19);1-5,10H,6-7H2,(H,11,12)/t8-,9-;/m0./s1. The van der Waals surface area contributed by atoms with E-state index in [0.29, 0.717) is 19.5 Å². The summed E-state index contributed by atoms with van der Waals surface area (Å²) in [6.07, 6.45) is 0.422. The predicted octanol–water partition coefficient (Wildman–Crippen LogP) is 1.87. The van der Waals surface area contributed by atoms with E-state index in [1.807, 2.05) is 30.3 Å². The van der Waals surface area contributed by atoms with Gasteiger partial charge in [0.25, 0.3) is 0 Å². The number of hydrogen-bond acceptors (Lipinski definition) is 5. The minimum Gasteiger partial charge on any atom is -0.465 e. The highest BCUT2D eigenvalue weighted by atomic mass is 16.6. The summed E-state index contributed by atoms with van der Waals surface area (Å²) in [7, 11) is 0. The molecule has 0 saturated carbocycles. The minimum absolute atomic E-state index is 0.322. The van der Waals surface area contributed by atoms with Crippen molar-refractivity contribution >= 4 is 24.0 Å². The maximum absolute atomic E-state index is 12.2. The zero-order chi connectivity index (χ0) is 24.3. The molecule has 10 nitrogen and oxygen atoms in total. The van der Waals surface area contributed by atoms with Crippen LogP contribution >= 0.6 is 0 Å². The lowest BCUT2D eigenvalue weighted by Gasteiger charge is -2.27. The Hall–Kier alpha value is -3.30. The van der Waals surface area contributed by atoms with Crippen LogP contribution in [0.15, 0.2) is 30.3 Å². The first-order chi connectivity index (χ1) is 14.9. The SMILES string of the molecule is C[C@H](NC(=O)OC(C)(C)C)C(=O)N1CCC[C@H]1C(N)=O.O=C(O)NCCc1ccccc1. The number of carboxylic acid groups (broad SMARTS) is 1. The molecule has 10 heteroatoms. The van der Waals surface area contributed by atoms with Crippen LogP contribution in [-0.4, -0.2) is 64.8 Å². The normalized spacial score (nSPS) is 16.2. The minimum atomic E-state index is -0.967. The Morgan fingerprint density at radius 1 is 1.22 bits per heavy atom. The molecular formula is C22H34N4O6. The van der Waals surface area contributed by atoms with Gasteiger partial charge < -0.3 is 31.1 Å². The first kappa shape index (κ1) is 26.7. The molecule has 0 bridgehead atoms. The van der Waals surface area contributed by atoms with Crippen molar-refractivity contribution in [2.75, 3.05) is 13.1 Å². The molecule has 0 aromatic heterocycles. The van der Waals surface area contributed by atoms with Crippen LogP contribution in [0.2, 0.25) is 0 Å². The summed E-state index contributed by atoms with van der Waals surface area (Å²) in [6, 6.07) is 8.43. The quantitative estimate of drug-likeness (QED) is 0.519. The summed E-state index contributed by atoms with van der Waals surface area (Å²) in [5.41, 5.74) is 5.78. The first-order valence-corrected chi connectivity index (χ1v) is 10.5. The molecule has 1 aliphatic rings. The Labute approximate surface area is 188 Å². The van der Waals surface area contributed by atoms with Crippen LogP contribution in [0.25, 0.3) is 0 Å². The lowest BCUT2D eigenvalue weighted by molar-refractivity contribution is -0.138. The van der Waals surface area contributed by atoms with Gasteiger partial charge in [-0.15, -0.1) is 0 Å². The van der Waals surface area contributed by atoms with Gasteiger partial charge in [0.05, 0.1) is 0 Å². The zero-order valence-corrected chi connectivity index (χ0v) is 19.1. The number of rotatable bonds is 6. The second kappa shape index (κ2) is 12.5. The van der Waals surface area contributed by atoms with Crippen molar-refractivity contribution in [2.24, 2.45) is 5.73 Å². The number of nitrogens with one attached hydrogen (secondary N) is 2. The summed E-state index contributed by atoms with van der Waals surface area (Å²) in [5.74, 6) is -0.836. The van der Waals surface area contributed by atoms with E-state index in [4.69, 9.17) is 15.6 Å². The van der Waals surface area contributed by atoms with Crippen molar-refractivity contribution in [1.29, 1.82) is 0 Å². The fraction of sp³-hybridized carbons (Fsp3) is 0.545. The largest absolute Gasteiger partial charge is 0.465 e. The second-order valence-electron chi connectivity index (χ2n) is 8.43. The highest BCUT2D eigenvalue weighted by Gasteiger charge is 2.35. The fourth-order valence-corrected chi connectivity index (χ4v) is 3.08. The molecule has 0 radical (unpaired) electrons. The summed E-state index contributed by atoms with van der Waals surface area (Å²) in [5, 5.41) is 13.1. The van der Waals surface area contributed by atoms with Crippen molar-refractivity contribution in [3.8, 4) is 0 Å². The van der Waals surface area contributed by atoms with Crippen LogP contribution in [0.1, 0.15) is 46.1 Å². The Morgan fingerprint density at radius 3 is 2.38 bits per heavy atom. The van der Waals surface area contributed by atoms with Gasteiger partial charge in [0, 0.05) is 13.1 Å². The van der Waals surface area contributed by atoms with Crippen LogP contribution in [0, 0.1) is 0 Å². The Balaban J connectivity index is 0.000000363. The zero-order valence-electron chi connectivity index (χ0n) is 19.1. The van der Waals surface area contributed by atoms with Gasteiger partial charge in [0.2, 0.25) is 11.8 Å². The molecule has 5 N–H and O–H groups in total. The maximum atomic E-state index is 12.2. The third-order valence-electron chi connectivity index (χ3n) is 4.50. The number of hydrogen-bond donors (Lipinski definition) is 4. The predicted molar refractivity (Wildman–Crippen MR) is 119 cm³/mol. The van der Waals surface area contributed by atoms with Gasteiger partial charge in [-0.3, -0.25) is 9.59 Å². The molecular weight excluding hydrogens is 416 g/mol. The average Bonchev–Trinajstić information content (AvgIpc) is 3.17. The third kappa shape index (κ3) is 10.1. The number of amides is 4. The number of nitrogens with two attached hydrogens (primary N) is 1. The van der Waals surface area contributed by atoms with Gasteiger partial charge in [-0.1, -0.05) is 30.3 Å². The second-order valence-corrected chi connectivity index (χ2v) is 8.43. The van der Waals surface area contributed by atoms with Gasteiger partial charge in [-0.25, -0.2) is 9.59 Å². The molecule has 1 saturated heterocycles. The van der Waals surface area contributed by atoms with Crippen molar-refractivity contribution in [3.63, 3.8) is 0 Å². The van der Waals surface area contributed by atoms with E-state index in [9.17, 15) is 19.2 Å². The smallest absolute Gasteiger partial charge is 0.408 e. The topological polar surface area (TPSA) is 151 Å². The molecule has 2 rings (SSSR count). The Bertz CT molecular complexity index is 778. The number of alkyl carbamates (subject to hydrolysis) is 1. The molecule has 1 fully saturated rings. The van der Waals surface area contributed by atoms with E-state index in [2.05, 4.69) is 10.6 Å². The van der Waals surface area contributed by atoms with Gasteiger partial charge >= 0.3 is 12.2 Å². The molecule has 1 aromatic rings. The lowest BCUT2D eigenvalue weighted by atomic mass is 10.1. The average molecular weight is 451 g/mol. The number of likely N-dealkylation sites (tertiary alicyclic amines) is 1. The van der Waals surface area contributed by atoms with E-state index >= 15 is 0 Å². The van der Waals surface area contributed by atoms with Crippen molar-refractivity contribution < 1.29 is 29.0 Å². The first-order valence-electron chi connectivity index (χ1n) is 10.5.